The van der Waals surface area contributed by atoms with Crippen molar-refractivity contribution < 1.29 is 4.74 Å². The molecular formula is C13H18BrNO. The largest absolute Gasteiger partial charge is 0.488 e. The predicted molar refractivity (Wildman–Crippen MR) is 72.1 cm³/mol. The summed E-state index contributed by atoms with van der Waals surface area (Å²) < 4.78 is 6.65. The number of benzene rings is 1. The highest BCUT2D eigenvalue weighted by atomic mass is 79.9. The number of hydrogen-bond acceptors (Lipinski definition) is 2. The van der Waals surface area contributed by atoms with Gasteiger partial charge < -0.3 is 10.1 Å². The van der Waals surface area contributed by atoms with E-state index in [0.717, 1.165) is 28.9 Å². The van der Waals surface area contributed by atoms with Gasteiger partial charge in [-0.25, -0.2) is 0 Å². The van der Waals surface area contributed by atoms with Crippen LogP contribution in [0.3, 0.4) is 0 Å². The van der Waals surface area contributed by atoms with E-state index in [1.54, 1.807) is 0 Å². The van der Waals surface area contributed by atoms with Crippen LogP contribution in [0.5, 0.6) is 5.75 Å². The zero-order chi connectivity index (χ0) is 12.0. The molecule has 0 amide bonds. The highest BCUT2D eigenvalue weighted by molar-refractivity contribution is 9.10. The third kappa shape index (κ3) is 4.37. The first-order chi connectivity index (χ1) is 7.63. The average Bonchev–Trinajstić information content (AvgIpc) is 2.25. The van der Waals surface area contributed by atoms with Crippen LogP contribution < -0.4 is 10.1 Å². The molecule has 0 heterocycles. The summed E-state index contributed by atoms with van der Waals surface area (Å²) >= 11 is 3.48. The van der Waals surface area contributed by atoms with E-state index in [1.165, 1.54) is 5.56 Å². The van der Waals surface area contributed by atoms with E-state index >= 15 is 0 Å². The van der Waals surface area contributed by atoms with Gasteiger partial charge in [-0.15, -0.1) is 0 Å². The molecule has 0 spiro atoms. The minimum Gasteiger partial charge on any atom is -0.488 e. The van der Waals surface area contributed by atoms with Crippen molar-refractivity contribution in [1.29, 1.82) is 0 Å². The lowest BCUT2D eigenvalue weighted by molar-refractivity contribution is 0.346. The Morgan fingerprint density at radius 1 is 1.50 bits per heavy atom. The number of hydrogen-bond donors (Lipinski definition) is 1. The van der Waals surface area contributed by atoms with Crippen molar-refractivity contribution >= 4 is 15.9 Å². The fourth-order valence-electron chi connectivity index (χ4n) is 1.26. The van der Waals surface area contributed by atoms with Crippen LogP contribution in [0, 0.1) is 6.92 Å². The molecular weight excluding hydrogens is 266 g/mol. The van der Waals surface area contributed by atoms with Crippen LogP contribution in [0.2, 0.25) is 0 Å². The summed E-state index contributed by atoms with van der Waals surface area (Å²) in [5.74, 6) is 0.864. The van der Waals surface area contributed by atoms with Crippen molar-refractivity contribution in [3.63, 3.8) is 0 Å². The lowest BCUT2D eigenvalue weighted by atomic mass is 10.2. The maximum atomic E-state index is 5.66. The quantitative estimate of drug-likeness (QED) is 0.809. The molecule has 16 heavy (non-hydrogen) atoms. The summed E-state index contributed by atoms with van der Waals surface area (Å²) in [6, 6.07) is 6.05. The van der Waals surface area contributed by atoms with Crippen molar-refractivity contribution in [1.82, 2.24) is 5.32 Å². The Bertz CT molecular complexity index is 363. The minimum atomic E-state index is 0.550. The van der Waals surface area contributed by atoms with Gasteiger partial charge in [0.2, 0.25) is 0 Å². The second-order valence-electron chi connectivity index (χ2n) is 3.75. The van der Waals surface area contributed by atoms with Crippen LogP contribution in [-0.4, -0.2) is 19.7 Å². The topological polar surface area (TPSA) is 21.3 Å². The molecule has 1 N–H and O–H groups in total. The lowest BCUT2D eigenvalue weighted by Crippen LogP contribution is -2.18. The smallest absolute Gasteiger partial charge is 0.133 e. The van der Waals surface area contributed by atoms with Gasteiger partial charge in [-0.3, -0.25) is 0 Å². The summed E-state index contributed by atoms with van der Waals surface area (Å²) in [5, 5.41) is 3.22. The molecule has 1 rings (SSSR count). The zero-order valence-electron chi connectivity index (χ0n) is 9.85. The second-order valence-corrected chi connectivity index (χ2v) is 4.61. The highest BCUT2D eigenvalue weighted by Gasteiger charge is 2.01. The monoisotopic (exact) mass is 283 g/mol. The van der Waals surface area contributed by atoms with Crippen molar-refractivity contribution in [2.24, 2.45) is 0 Å². The minimum absolute atomic E-state index is 0.550. The van der Waals surface area contributed by atoms with Gasteiger partial charge in [0.05, 0.1) is 4.47 Å². The molecule has 1 aromatic rings. The Labute approximate surface area is 106 Å². The van der Waals surface area contributed by atoms with E-state index in [0.29, 0.717) is 6.61 Å². The molecule has 0 bridgehead atoms. The van der Waals surface area contributed by atoms with E-state index < -0.39 is 0 Å². The number of nitrogens with one attached hydrogen (secondary N) is 1. The Hall–Kier alpha value is -0.800. The molecule has 2 nitrogen and oxygen atoms in total. The zero-order valence-corrected chi connectivity index (χ0v) is 11.4. The highest BCUT2D eigenvalue weighted by Crippen LogP contribution is 2.25. The number of ether oxygens (including phenoxy) is 1. The third-order valence-electron chi connectivity index (χ3n) is 2.14. The Kier molecular flexibility index (Phi) is 5.56. The summed E-state index contributed by atoms with van der Waals surface area (Å²) in [4.78, 5) is 0. The van der Waals surface area contributed by atoms with Crippen LogP contribution >= 0.6 is 15.9 Å². The van der Waals surface area contributed by atoms with Crippen LogP contribution in [0.1, 0.15) is 12.5 Å². The summed E-state index contributed by atoms with van der Waals surface area (Å²) in [7, 11) is 0. The summed E-state index contributed by atoms with van der Waals surface area (Å²) in [6.45, 7) is 10.4. The van der Waals surface area contributed by atoms with Crippen LogP contribution in [0.25, 0.3) is 0 Å². The second kappa shape index (κ2) is 6.71. The van der Waals surface area contributed by atoms with E-state index in [9.17, 15) is 0 Å². The average molecular weight is 284 g/mol. The first kappa shape index (κ1) is 13.3. The van der Waals surface area contributed by atoms with E-state index in [2.05, 4.69) is 41.7 Å². The molecule has 0 aliphatic rings. The number of halogens is 1. The molecule has 0 radical (unpaired) electrons. The molecule has 3 heteroatoms. The van der Waals surface area contributed by atoms with Crippen LogP contribution in [0.15, 0.2) is 34.8 Å². The van der Waals surface area contributed by atoms with Crippen molar-refractivity contribution in [3.8, 4) is 5.75 Å². The first-order valence-electron chi connectivity index (χ1n) is 5.39. The van der Waals surface area contributed by atoms with Crippen LogP contribution in [0.4, 0.5) is 0 Å². The molecule has 0 fully saturated rings. The molecule has 0 aliphatic heterocycles. The summed E-state index contributed by atoms with van der Waals surface area (Å²) in [5.41, 5.74) is 2.26. The van der Waals surface area contributed by atoms with E-state index in [1.807, 2.05) is 18.2 Å². The van der Waals surface area contributed by atoms with Gasteiger partial charge in [0.15, 0.2) is 0 Å². The Morgan fingerprint density at radius 2 is 2.25 bits per heavy atom. The number of likely N-dealkylation sites (N-methyl/N-ethyl adjacent to an activating group) is 1. The Morgan fingerprint density at radius 3 is 2.88 bits per heavy atom. The van der Waals surface area contributed by atoms with Gasteiger partial charge >= 0.3 is 0 Å². The Balaban J connectivity index is 2.45. The predicted octanol–water partition coefficient (Wildman–Crippen LogP) is 3.30. The fraction of sp³-hybridized carbons (Fsp3) is 0.385. The lowest BCUT2D eigenvalue weighted by Gasteiger charge is -2.10. The van der Waals surface area contributed by atoms with Gasteiger partial charge in [-0.2, -0.15) is 0 Å². The van der Waals surface area contributed by atoms with Gasteiger partial charge in [0.1, 0.15) is 12.4 Å². The van der Waals surface area contributed by atoms with Gasteiger partial charge in [0.25, 0.3) is 0 Å². The summed E-state index contributed by atoms with van der Waals surface area (Å²) in [6.07, 6.45) is 0. The molecule has 0 saturated carbocycles. The fourth-order valence-corrected chi connectivity index (χ4v) is 1.86. The molecule has 88 valence electrons. The number of rotatable bonds is 6. The van der Waals surface area contributed by atoms with Gasteiger partial charge in [0, 0.05) is 6.54 Å². The van der Waals surface area contributed by atoms with Crippen LogP contribution in [-0.2, 0) is 0 Å². The molecule has 0 aliphatic carbocycles. The molecule has 0 saturated heterocycles. The molecule has 0 atom stereocenters. The van der Waals surface area contributed by atoms with Gasteiger partial charge in [-0.05, 0) is 52.7 Å². The third-order valence-corrected chi connectivity index (χ3v) is 2.76. The molecule has 0 aromatic heterocycles. The van der Waals surface area contributed by atoms with Crippen molar-refractivity contribution in [3.05, 3.63) is 40.4 Å². The standard InChI is InChI=1S/C13H18BrNO/c1-4-15-8-11(3)9-16-13-6-5-10(2)7-12(13)14/h5-7,15H,3-4,8-9H2,1-2H3. The van der Waals surface area contributed by atoms with E-state index in [4.69, 9.17) is 4.74 Å². The van der Waals surface area contributed by atoms with E-state index in [-0.39, 0.29) is 0 Å². The molecule has 0 unspecified atom stereocenters. The van der Waals surface area contributed by atoms with Crippen molar-refractivity contribution in [2.45, 2.75) is 13.8 Å². The maximum Gasteiger partial charge on any atom is 0.133 e. The first-order valence-corrected chi connectivity index (χ1v) is 6.19. The number of aryl methyl sites for hydroxylation is 1. The SMILES string of the molecule is C=C(CNCC)COc1ccc(C)cc1Br. The van der Waals surface area contributed by atoms with Crippen molar-refractivity contribution in [2.75, 3.05) is 19.7 Å². The molecule has 1 aromatic carbocycles. The van der Waals surface area contributed by atoms with Gasteiger partial charge in [-0.1, -0.05) is 19.6 Å². The normalized spacial score (nSPS) is 10.2. The maximum absolute atomic E-state index is 5.66.